The van der Waals surface area contributed by atoms with Crippen molar-refractivity contribution in [3.63, 3.8) is 0 Å². The Kier molecular flexibility index (Phi) is 7.10. The van der Waals surface area contributed by atoms with Crippen molar-refractivity contribution in [2.45, 2.75) is 26.3 Å². The number of hydrogen-bond donors (Lipinski definition) is 1. The monoisotopic (exact) mass is 474 g/mol. The number of aromatic nitrogens is 2. The molecule has 0 saturated heterocycles. The second kappa shape index (κ2) is 10.4. The number of nitrogens with one attached hydrogen (secondary N) is 1. The summed E-state index contributed by atoms with van der Waals surface area (Å²) in [5.74, 6) is 0.509. The molecule has 0 aliphatic carbocycles. The first-order valence-electron chi connectivity index (χ1n) is 11.4. The highest BCUT2D eigenvalue weighted by Crippen LogP contribution is 2.27. The molecule has 0 spiro atoms. The van der Waals surface area contributed by atoms with Gasteiger partial charge in [-0.25, -0.2) is 14.2 Å². The van der Waals surface area contributed by atoms with Crippen LogP contribution in [-0.2, 0) is 0 Å². The van der Waals surface area contributed by atoms with Gasteiger partial charge in [0.15, 0.2) is 0 Å². The zero-order valence-electron chi connectivity index (χ0n) is 19.9. The maximum Gasteiger partial charge on any atom is 0.322 e. The summed E-state index contributed by atoms with van der Waals surface area (Å²) in [5.41, 5.74) is 1.25. The van der Waals surface area contributed by atoms with Crippen LogP contribution in [0.5, 0.6) is 5.75 Å². The minimum atomic E-state index is -0.577. The van der Waals surface area contributed by atoms with Crippen molar-refractivity contribution in [2.24, 2.45) is 0 Å². The van der Waals surface area contributed by atoms with Gasteiger partial charge in [0.2, 0.25) is 0 Å². The Balaban J connectivity index is 1.82. The SMILES string of the molecule is CCCN(C(=O)Nc1ccccc1OC)C(C)c1nc2ccccc2c(=O)n1-c1ccc(F)cc1. The number of para-hydroxylation sites is 3. The quantitative estimate of drug-likeness (QED) is 0.382. The summed E-state index contributed by atoms with van der Waals surface area (Å²) in [6.07, 6.45) is 0.693. The Morgan fingerprint density at radius 2 is 1.77 bits per heavy atom. The summed E-state index contributed by atoms with van der Waals surface area (Å²) < 4.78 is 20.5. The number of rotatable bonds is 7. The number of methoxy groups -OCH3 is 1. The number of ether oxygens (including phenoxy) is 1. The Labute approximate surface area is 202 Å². The molecule has 0 saturated carbocycles. The van der Waals surface area contributed by atoms with E-state index in [-0.39, 0.29) is 11.6 Å². The summed E-state index contributed by atoms with van der Waals surface area (Å²) in [6, 6.07) is 18.9. The van der Waals surface area contributed by atoms with E-state index in [1.54, 1.807) is 35.2 Å². The zero-order chi connectivity index (χ0) is 24.9. The van der Waals surface area contributed by atoms with Crippen LogP contribution in [0.1, 0.15) is 32.1 Å². The third-order valence-electron chi connectivity index (χ3n) is 5.80. The van der Waals surface area contributed by atoms with Gasteiger partial charge in [0, 0.05) is 6.54 Å². The van der Waals surface area contributed by atoms with Gasteiger partial charge < -0.3 is 15.0 Å². The molecule has 3 aromatic carbocycles. The fraction of sp³-hybridized carbons (Fsp3) is 0.222. The van der Waals surface area contributed by atoms with E-state index in [9.17, 15) is 14.0 Å². The molecule has 35 heavy (non-hydrogen) atoms. The largest absolute Gasteiger partial charge is 0.495 e. The standard InChI is InChI=1S/C27H27FN4O3/c1-4-17-31(27(34)30-23-11-7-8-12-24(23)35-3)18(2)25-29-22-10-6-5-9-21(22)26(33)32(25)20-15-13-19(28)14-16-20/h5-16,18H,4,17H2,1-3H3,(H,30,34). The van der Waals surface area contributed by atoms with Crippen LogP contribution in [-0.4, -0.2) is 34.1 Å². The van der Waals surface area contributed by atoms with E-state index in [0.717, 1.165) is 0 Å². The lowest BCUT2D eigenvalue weighted by Gasteiger charge is -2.30. The van der Waals surface area contributed by atoms with Crippen LogP contribution < -0.4 is 15.6 Å². The molecule has 0 aliphatic rings. The van der Waals surface area contributed by atoms with Crippen molar-refractivity contribution >= 4 is 22.6 Å². The Bertz CT molecular complexity index is 1400. The molecule has 1 atom stereocenters. The smallest absolute Gasteiger partial charge is 0.322 e. The van der Waals surface area contributed by atoms with Crippen LogP contribution in [0.15, 0.2) is 77.6 Å². The van der Waals surface area contributed by atoms with Gasteiger partial charge in [-0.3, -0.25) is 9.36 Å². The molecular weight excluding hydrogens is 447 g/mol. The van der Waals surface area contributed by atoms with Crippen molar-refractivity contribution in [1.29, 1.82) is 0 Å². The number of halogens is 1. The van der Waals surface area contributed by atoms with Crippen molar-refractivity contribution < 1.29 is 13.9 Å². The van der Waals surface area contributed by atoms with Crippen molar-refractivity contribution in [3.05, 3.63) is 94.8 Å². The van der Waals surface area contributed by atoms with Crippen molar-refractivity contribution in [1.82, 2.24) is 14.5 Å². The van der Waals surface area contributed by atoms with Crippen LogP contribution >= 0.6 is 0 Å². The molecule has 7 nitrogen and oxygen atoms in total. The van der Waals surface area contributed by atoms with Crippen LogP contribution in [0.4, 0.5) is 14.9 Å². The maximum absolute atomic E-state index is 13.6. The van der Waals surface area contributed by atoms with E-state index in [4.69, 9.17) is 9.72 Å². The van der Waals surface area contributed by atoms with Gasteiger partial charge in [0.1, 0.15) is 17.4 Å². The molecule has 0 bridgehead atoms. The molecule has 8 heteroatoms. The van der Waals surface area contributed by atoms with Crippen LogP contribution in [0.3, 0.4) is 0 Å². The van der Waals surface area contributed by atoms with Crippen molar-refractivity contribution in [2.75, 3.05) is 19.0 Å². The molecule has 180 valence electrons. The van der Waals surface area contributed by atoms with E-state index in [0.29, 0.717) is 46.8 Å². The molecule has 1 aromatic heterocycles. The third kappa shape index (κ3) is 4.87. The maximum atomic E-state index is 13.6. The number of amides is 2. The van der Waals surface area contributed by atoms with Gasteiger partial charge in [-0.1, -0.05) is 31.2 Å². The summed E-state index contributed by atoms with van der Waals surface area (Å²) in [6.45, 7) is 4.22. The molecular formula is C27H27FN4O3. The van der Waals surface area contributed by atoms with Gasteiger partial charge in [-0.15, -0.1) is 0 Å². The summed E-state index contributed by atoms with van der Waals surface area (Å²) in [4.78, 5) is 33.4. The predicted octanol–water partition coefficient (Wildman–Crippen LogP) is 5.54. The molecule has 0 aliphatic heterocycles. The predicted molar refractivity (Wildman–Crippen MR) is 135 cm³/mol. The average Bonchev–Trinajstić information content (AvgIpc) is 2.88. The van der Waals surface area contributed by atoms with Gasteiger partial charge in [0.05, 0.1) is 35.4 Å². The highest BCUT2D eigenvalue weighted by molar-refractivity contribution is 5.91. The second-order valence-electron chi connectivity index (χ2n) is 8.10. The molecule has 4 rings (SSSR count). The van der Waals surface area contributed by atoms with Crippen LogP contribution in [0.25, 0.3) is 16.6 Å². The zero-order valence-corrected chi connectivity index (χ0v) is 19.9. The van der Waals surface area contributed by atoms with Crippen molar-refractivity contribution in [3.8, 4) is 11.4 Å². The lowest BCUT2D eigenvalue weighted by atomic mass is 10.1. The Morgan fingerprint density at radius 1 is 1.09 bits per heavy atom. The topological polar surface area (TPSA) is 76.5 Å². The van der Waals surface area contributed by atoms with E-state index < -0.39 is 11.9 Å². The molecule has 1 unspecified atom stereocenters. The average molecular weight is 475 g/mol. The number of benzene rings is 3. The Morgan fingerprint density at radius 3 is 2.49 bits per heavy atom. The lowest BCUT2D eigenvalue weighted by molar-refractivity contribution is 0.189. The fourth-order valence-electron chi connectivity index (χ4n) is 4.06. The number of hydrogen-bond acceptors (Lipinski definition) is 4. The van der Waals surface area contributed by atoms with Crippen LogP contribution in [0.2, 0.25) is 0 Å². The number of nitrogens with zero attached hydrogens (tertiary/aromatic N) is 3. The number of fused-ring (bicyclic) bond motifs is 1. The summed E-state index contributed by atoms with van der Waals surface area (Å²) in [5, 5.41) is 3.35. The van der Waals surface area contributed by atoms with Gasteiger partial charge in [-0.2, -0.15) is 0 Å². The minimum Gasteiger partial charge on any atom is -0.495 e. The van der Waals surface area contributed by atoms with Gasteiger partial charge >= 0.3 is 6.03 Å². The lowest BCUT2D eigenvalue weighted by Crippen LogP contribution is -2.40. The normalized spacial score (nSPS) is 11.8. The molecule has 0 radical (unpaired) electrons. The highest BCUT2D eigenvalue weighted by atomic mass is 19.1. The van der Waals surface area contributed by atoms with Gasteiger partial charge in [0.25, 0.3) is 5.56 Å². The molecule has 4 aromatic rings. The first-order chi connectivity index (χ1) is 16.9. The first-order valence-corrected chi connectivity index (χ1v) is 11.4. The van der Waals surface area contributed by atoms with Gasteiger partial charge in [-0.05, 0) is 61.9 Å². The number of urea groups is 1. The summed E-state index contributed by atoms with van der Waals surface area (Å²) in [7, 11) is 1.54. The first kappa shape index (κ1) is 23.9. The fourth-order valence-corrected chi connectivity index (χ4v) is 4.06. The minimum absolute atomic E-state index is 0.286. The molecule has 1 N–H and O–H groups in total. The van der Waals surface area contributed by atoms with E-state index in [1.807, 2.05) is 32.0 Å². The second-order valence-corrected chi connectivity index (χ2v) is 8.10. The summed E-state index contributed by atoms with van der Waals surface area (Å²) >= 11 is 0. The molecule has 2 amide bonds. The Hall–Kier alpha value is -4.20. The number of anilines is 1. The van der Waals surface area contributed by atoms with E-state index in [2.05, 4.69) is 5.32 Å². The van der Waals surface area contributed by atoms with E-state index >= 15 is 0 Å². The molecule has 1 heterocycles. The highest BCUT2D eigenvalue weighted by Gasteiger charge is 2.27. The third-order valence-corrected chi connectivity index (χ3v) is 5.80. The number of carbonyl (C=O) groups is 1. The molecule has 0 fully saturated rings. The number of carbonyl (C=O) groups excluding carboxylic acids is 1. The van der Waals surface area contributed by atoms with Crippen LogP contribution in [0, 0.1) is 5.82 Å². The van der Waals surface area contributed by atoms with E-state index in [1.165, 1.54) is 35.9 Å².